The molecule has 104 valence electrons. The molecule has 0 amide bonds. The van der Waals surface area contributed by atoms with Crippen LogP contribution in [-0.2, 0) is 0 Å². The van der Waals surface area contributed by atoms with Crippen molar-refractivity contribution < 1.29 is 0 Å². The lowest BCUT2D eigenvalue weighted by atomic mass is 10.1. The van der Waals surface area contributed by atoms with Crippen molar-refractivity contribution in [2.75, 3.05) is 5.88 Å². The van der Waals surface area contributed by atoms with Gasteiger partial charge in [-0.15, -0.1) is 11.6 Å². The Labute approximate surface area is 128 Å². The summed E-state index contributed by atoms with van der Waals surface area (Å²) in [5, 5.41) is 1.13. The molecule has 0 aliphatic rings. The number of amidine groups is 1. The Morgan fingerprint density at radius 2 is 1.81 bits per heavy atom. The molecule has 3 aromatic rings. The van der Waals surface area contributed by atoms with Gasteiger partial charge in [-0.2, -0.15) is 0 Å². The zero-order chi connectivity index (χ0) is 14.7. The minimum Gasteiger partial charge on any atom is -0.386 e. The number of aliphatic imine (C=N–C) groups is 1. The minimum absolute atomic E-state index is 0.232. The molecule has 0 saturated heterocycles. The van der Waals surface area contributed by atoms with E-state index < -0.39 is 0 Å². The van der Waals surface area contributed by atoms with Crippen LogP contribution in [0, 0.1) is 0 Å². The van der Waals surface area contributed by atoms with Crippen LogP contribution in [0.4, 0.5) is 5.69 Å². The molecule has 2 aromatic carbocycles. The second-order valence-corrected chi connectivity index (χ2v) is 4.97. The van der Waals surface area contributed by atoms with E-state index in [-0.39, 0.29) is 5.88 Å². The first-order valence-corrected chi connectivity index (χ1v) is 7.14. The molecule has 0 spiro atoms. The molecule has 3 nitrogen and oxygen atoms in total. The van der Waals surface area contributed by atoms with Crippen molar-refractivity contribution in [3.63, 3.8) is 0 Å². The zero-order valence-corrected chi connectivity index (χ0v) is 12.1. The number of fused-ring (bicyclic) bond motifs is 1. The molecule has 1 heterocycles. The number of aromatic nitrogens is 1. The first kappa shape index (κ1) is 13.6. The fourth-order valence-electron chi connectivity index (χ4n) is 2.15. The van der Waals surface area contributed by atoms with Crippen molar-refractivity contribution in [1.82, 2.24) is 4.98 Å². The molecule has 4 heteroatoms. The predicted molar refractivity (Wildman–Crippen MR) is 89.2 cm³/mol. The third kappa shape index (κ3) is 3.03. The Bertz CT molecular complexity index is 794. The Morgan fingerprint density at radius 1 is 1.05 bits per heavy atom. The first-order valence-electron chi connectivity index (χ1n) is 6.60. The van der Waals surface area contributed by atoms with E-state index in [1.807, 2.05) is 48.7 Å². The van der Waals surface area contributed by atoms with E-state index in [1.165, 1.54) is 0 Å². The van der Waals surface area contributed by atoms with E-state index in [0.717, 1.165) is 27.7 Å². The van der Waals surface area contributed by atoms with Crippen molar-refractivity contribution in [2.24, 2.45) is 10.7 Å². The van der Waals surface area contributed by atoms with Gasteiger partial charge in [-0.25, -0.2) is 4.99 Å². The second kappa shape index (κ2) is 5.94. The monoisotopic (exact) mass is 295 g/mol. The highest BCUT2D eigenvalue weighted by molar-refractivity contribution is 6.28. The summed E-state index contributed by atoms with van der Waals surface area (Å²) >= 11 is 5.62. The fourth-order valence-corrected chi connectivity index (χ4v) is 2.21. The molecule has 0 saturated carbocycles. The average Bonchev–Trinajstić information content (AvgIpc) is 2.55. The number of nitrogens with zero attached hydrogens (tertiary/aromatic N) is 2. The molecule has 0 bridgehead atoms. The van der Waals surface area contributed by atoms with Crippen LogP contribution >= 0.6 is 11.6 Å². The lowest BCUT2D eigenvalue weighted by Crippen LogP contribution is -2.12. The number of pyridine rings is 1. The number of nitrogens with two attached hydrogens (primary N) is 1. The molecular formula is C17H14ClN3. The number of hydrogen-bond donors (Lipinski definition) is 1. The Hall–Kier alpha value is -2.39. The van der Waals surface area contributed by atoms with E-state index in [2.05, 4.69) is 22.1 Å². The van der Waals surface area contributed by atoms with Crippen LogP contribution in [0.25, 0.3) is 22.0 Å². The first-order chi connectivity index (χ1) is 10.3. The normalized spacial score (nSPS) is 11.8. The molecule has 0 aliphatic heterocycles. The highest BCUT2D eigenvalue weighted by Crippen LogP contribution is 2.24. The third-order valence-corrected chi connectivity index (χ3v) is 3.47. The highest BCUT2D eigenvalue weighted by atomic mass is 35.5. The van der Waals surface area contributed by atoms with Gasteiger partial charge in [0.15, 0.2) is 0 Å². The Morgan fingerprint density at radius 3 is 2.57 bits per heavy atom. The number of para-hydroxylation sites is 1. The summed E-state index contributed by atoms with van der Waals surface area (Å²) < 4.78 is 0. The summed E-state index contributed by atoms with van der Waals surface area (Å²) in [5.41, 5.74) is 9.59. The van der Waals surface area contributed by atoms with E-state index in [0.29, 0.717) is 5.84 Å². The van der Waals surface area contributed by atoms with Crippen LogP contribution in [0.1, 0.15) is 0 Å². The number of hydrogen-bond acceptors (Lipinski definition) is 2. The topological polar surface area (TPSA) is 51.3 Å². The number of rotatable bonds is 3. The molecule has 0 unspecified atom stereocenters. The number of alkyl halides is 1. The van der Waals surface area contributed by atoms with E-state index >= 15 is 0 Å². The van der Waals surface area contributed by atoms with Crippen molar-refractivity contribution in [1.29, 1.82) is 0 Å². The van der Waals surface area contributed by atoms with Crippen molar-refractivity contribution in [2.45, 2.75) is 0 Å². The number of benzene rings is 2. The van der Waals surface area contributed by atoms with E-state index in [4.69, 9.17) is 17.3 Å². The minimum atomic E-state index is 0.232. The third-order valence-electron chi connectivity index (χ3n) is 3.20. The number of halogens is 1. The van der Waals surface area contributed by atoms with Gasteiger partial charge >= 0.3 is 0 Å². The van der Waals surface area contributed by atoms with Crippen LogP contribution in [0.15, 0.2) is 65.8 Å². The molecule has 0 radical (unpaired) electrons. The molecule has 3 rings (SSSR count). The summed E-state index contributed by atoms with van der Waals surface area (Å²) in [6.07, 6.45) is 1.88. The van der Waals surface area contributed by atoms with Gasteiger partial charge in [0, 0.05) is 17.1 Å². The summed E-state index contributed by atoms with van der Waals surface area (Å²) in [6, 6.07) is 18.1. The largest absolute Gasteiger partial charge is 0.386 e. The van der Waals surface area contributed by atoms with E-state index in [1.54, 1.807) is 0 Å². The summed E-state index contributed by atoms with van der Waals surface area (Å²) in [5.74, 6) is 0.646. The second-order valence-electron chi connectivity index (χ2n) is 4.70. The van der Waals surface area contributed by atoms with Crippen molar-refractivity contribution in [3.05, 3.63) is 60.8 Å². The maximum atomic E-state index is 5.62. The summed E-state index contributed by atoms with van der Waals surface area (Å²) in [4.78, 5) is 8.69. The van der Waals surface area contributed by atoms with Crippen molar-refractivity contribution >= 4 is 34.0 Å². The van der Waals surface area contributed by atoms with Gasteiger partial charge in [0.2, 0.25) is 0 Å². The smallest absolute Gasteiger partial charge is 0.115 e. The maximum Gasteiger partial charge on any atom is 0.115 e. The zero-order valence-electron chi connectivity index (χ0n) is 11.3. The Kier molecular flexibility index (Phi) is 3.84. The molecule has 2 N–H and O–H groups in total. The van der Waals surface area contributed by atoms with Gasteiger partial charge in [-0.05, 0) is 29.8 Å². The SMILES string of the molecule is NC(CCl)=Nc1ccc(-c2cnc3ccccc3c2)cc1. The molecule has 0 fully saturated rings. The molecule has 0 atom stereocenters. The van der Waals surface area contributed by atoms with Gasteiger partial charge in [0.1, 0.15) is 5.84 Å². The highest BCUT2D eigenvalue weighted by Gasteiger charge is 2.01. The van der Waals surface area contributed by atoms with Crippen LogP contribution in [0.3, 0.4) is 0 Å². The summed E-state index contributed by atoms with van der Waals surface area (Å²) in [6.45, 7) is 0. The van der Waals surface area contributed by atoms with Crippen LogP contribution < -0.4 is 5.73 Å². The lowest BCUT2D eigenvalue weighted by Gasteiger charge is -2.04. The van der Waals surface area contributed by atoms with Crippen LogP contribution in [-0.4, -0.2) is 16.7 Å². The predicted octanol–water partition coefficient (Wildman–Crippen LogP) is 4.13. The lowest BCUT2D eigenvalue weighted by molar-refractivity contribution is 1.40. The average molecular weight is 296 g/mol. The molecule has 21 heavy (non-hydrogen) atoms. The van der Waals surface area contributed by atoms with Crippen LogP contribution in [0.2, 0.25) is 0 Å². The van der Waals surface area contributed by atoms with Gasteiger partial charge in [-0.3, -0.25) is 4.98 Å². The maximum absolute atomic E-state index is 5.62. The fraction of sp³-hybridized carbons (Fsp3) is 0.0588. The van der Waals surface area contributed by atoms with Gasteiger partial charge in [-0.1, -0.05) is 30.3 Å². The van der Waals surface area contributed by atoms with Gasteiger partial charge in [0.05, 0.1) is 17.1 Å². The van der Waals surface area contributed by atoms with E-state index in [9.17, 15) is 0 Å². The quantitative estimate of drug-likeness (QED) is 0.449. The molecule has 1 aromatic heterocycles. The van der Waals surface area contributed by atoms with Gasteiger partial charge < -0.3 is 5.73 Å². The Balaban J connectivity index is 1.95. The van der Waals surface area contributed by atoms with Crippen LogP contribution in [0.5, 0.6) is 0 Å². The standard InChI is InChI=1S/C17H14ClN3/c18-10-17(19)21-15-7-5-12(6-8-15)14-9-13-3-1-2-4-16(13)20-11-14/h1-9,11H,10H2,(H2,19,21). The van der Waals surface area contributed by atoms with Gasteiger partial charge in [0.25, 0.3) is 0 Å². The van der Waals surface area contributed by atoms with Crippen molar-refractivity contribution in [3.8, 4) is 11.1 Å². The molecular weight excluding hydrogens is 282 g/mol. The molecule has 0 aliphatic carbocycles. The summed E-state index contributed by atoms with van der Waals surface area (Å²) in [7, 11) is 0.